The Morgan fingerprint density at radius 2 is 1.76 bits per heavy atom. The molecular weight excluding hydrogens is 472 g/mol. The Labute approximate surface area is 193 Å². The number of amides is 1. The Hall–Kier alpha value is -4.06. The molecule has 178 valence electrons. The number of nitro groups is 1. The lowest BCUT2D eigenvalue weighted by atomic mass is 10.1. The number of para-hydroxylation sites is 1. The van der Waals surface area contributed by atoms with Gasteiger partial charge in [0.2, 0.25) is 0 Å². The number of rotatable bonds is 9. The number of nitrogens with zero attached hydrogens (tertiary/aromatic N) is 2. The molecule has 0 saturated heterocycles. The number of nitro benzene ring substituents is 1. The van der Waals surface area contributed by atoms with Gasteiger partial charge in [-0.05, 0) is 35.9 Å². The molecule has 34 heavy (non-hydrogen) atoms. The summed E-state index contributed by atoms with van der Waals surface area (Å²) in [6.45, 7) is -2.84. The van der Waals surface area contributed by atoms with E-state index in [-0.39, 0.29) is 28.4 Å². The molecule has 0 unspecified atom stereocenters. The van der Waals surface area contributed by atoms with Crippen molar-refractivity contribution < 1.29 is 31.7 Å². The number of non-ortho nitro benzene ring substituents is 1. The van der Waals surface area contributed by atoms with Crippen molar-refractivity contribution >= 4 is 27.3 Å². The number of nitrogens with one attached hydrogen (secondary N) is 1. The van der Waals surface area contributed by atoms with Crippen LogP contribution in [0.4, 0.5) is 20.2 Å². The number of benzene rings is 3. The summed E-state index contributed by atoms with van der Waals surface area (Å²) in [6.07, 6.45) is 0. The fourth-order valence-electron chi connectivity index (χ4n) is 3.05. The maximum Gasteiger partial charge on any atom is 0.387 e. The fraction of sp³-hybridized carbons (Fsp3) is 0.136. The Balaban J connectivity index is 1.79. The van der Waals surface area contributed by atoms with Crippen LogP contribution in [0.15, 0.2) is 77.7 Å². The molecule has 3 aromatic rings. The van der Waals surface area contributed by atoms with E-state index >= 15 is 0 Å². The number of anilines is 1. The quantitative estimate of drug-likeness (QED) is 0.353. The third-order valence-corrected chi connectivity index (χ3v) is 6.02. The minimum atomic E-state index is -4.23. The molecule has 12 heteroatoms. The van der Waals surface area contributed by atoms with Crippen molar-refractivity contribution in [2.45, 2.75) is 18.1 Å². The molecule has 0 saturated carbocycles. The van der Waals surface area contributed by atoms with Crippen LogP contribution < -0.4 is 9.46 Å². The number of carbonyl (C=O) groups is 1. The zero-order chi connectivity index (χ0) is 24.9. The van der Waals surface area contributed by atoms with Crippen LogP contribution in [0.2, 0.25) is 0 Å². The molecule has 0 aliphatic rings. The van der Waals surface area contributed by atoms with Gasteiger partial charge in [-0.2, -0.15) is 8.78 Å². The fourth-order valence-corrected chi connectivity index (χ4v) is 4.17. The highest BCUT2D eigenvalue weighted by Crippen LogP contribution is 2.24. The molecule has 3 rings (SSSR count). The second-order valence-corrected chi connectivity index (χ2v) is 8.77. The third kappa shape index (κ3) is 6.04. The van der Waals surface area contributed by atoms with E-state index < -0.39 is 33.2 Å². The van der Waals surface area contributed by atoms with Gasteiger partial charge >= 0.3 is 6.61 Å². The standard InChI is InChI=1S/C22H19F2N3O6S/c1-26(14-15-9-11-17(12-10-15)33-22(23)24)21(28)19-7-2-3-8-20(19)25-34(31,32)18-6-4-5-16(13-18)27(29)30/h2-13,22,25H,14H2,1H3. The average molecular weight is 491 g/mol. The number of alkyl halides is 2. The van der Waals surface area contributed by atoms with Crippen LogP contribution in [0.1, 0.15) is 15.9 Å². The number of carbonyl (C=O) groups excluding carboxylic acids is 1. The Bertz CT molecular complexity index is 1300. The predicted octanol–water partition coefficient (Wildman–Crippen LogP) is 4.27. The van der Waals surface area contributed by atoms with Gasteiger partial charge in [0.25, 0.3) is 21.6 Å². The van der Waals surface area contributed by atoms with Crippen LogP contribution in [0.25, 0.3) is 0 Å². The van der Waals surface area contributed by atoms with Crippen LogP contribution in [-0.2, 0) is 16.6 Å². The summed E-state index contributed by atoms with van der Waals surface area (Å²) in [5, 5.41) is 11.0. The summed E-state index contributed by atoms with van der Waals surface area (Å²) < 4.78 is 56.8. The smallest absolute Gasteiger partial charge is 0.387 e. The van der Waals surface area contributed by atoms with Gasteiger partial charge in [0.05, 0.1) is 21.1 Å². The minimum Gasteiger partial charge on any atom is -0.435 e. The highest BCUT2D eigenvalue weighted by atomic mass is 32.2. The maximum absolute atomic E-state index is 13.0. The molecule has 0 fully saturated rings. The molecule has 0 bridgehead atoms. The second kappa shape index (κ2) is 10.3. The molecule has 0 radical (unpaired) electrons. The highest BCUT2D eigenvalue weighted by Gasteiger charge is 2.22. The second-order valence-electron chi connectivity index (χ2n) is 7.09. The molecule has 0 heterocycles. The van der Waals surface area contributed by atoms with Gasteiger partial charge in [0, 0.05) is 25.7 Å². The Morgan fingerprint density at radius 3 is 2.41 bits per heavy atom. The largest absolute Gasteiger partial charge is 0.435 e. The number of sulfonamides is 1. The van der Waals surface area contributed by atoms with E-state index in [2.05, 4.69) is 9.46 Å². The first-order chi connectivity index (χ1) is 16.1. The summed E-state index contributed by atoms with van der Waals surface area (Å²) in [5.41, 5.74) is 0.284. The molecule has 1 amide bonds. The van der Waals surface area contributed by atoms with Crippen LogP contribution >= 0.6 is 0 Å². The van der Waals surface area contributed by atoms with Gasteiger partial charge in [-0.1, -0.05) is 30.3 Å². The lowest BCUT2D eigenvalue weighted by Crippen LogP contribution is -2.27. The summed E-state index contributed by atoms with van der Waals surface area (Å²) in [7, 11) is -2.73. The molecule has 9 nitrogen and oxygen atoms in total. The normalized spacial score (nSPS) is 11.2. The van der Waals surface area contributed by atoms with E-state index in [0.29, 0.717) is 5.56 Å². The Morgan fingerprint density at radius 1 is 1.09 bits per heavy atom. The van der Waals surface area contributed by atoms with Crippen molar-refractivity contribution in [1.82, 2.24) is 4.90 Å². The van der Waals surface area contributed by atoms with Gasteiger partial charge in [-0.25, -0.2) is 8.42 Å². The van der Waals surface area contributed by atoms with E-state index in [4.69, 9.17) is 0 Å². The molecule has 0 aromatic heterocycles. The molecule has 0 spiro atoms. The molecule has 0 aliphatic carbocycles. The zero-order valence-corrected chi connectivity index (χ0v) is 18.5. The van der Waals surface area contributed by atoms with E-state index in [0.717, 1.165) is 12.1 Å². The molecule has 1 N–H and O–H groups in total. The van der Waals surface area contributed by atoms with Crippen LogP contribution in [0.5, 0.6) is 5.75 Å². The molecule has 0 atom stereocenters. The summed E-state index contributed by atoms with van der Waals surface area (Å²) in [4.78, 5) is 24.3. The summed E-state index contributed by atoms with van der Waals surface area (Å²) >= 11 is 0. The van der Waals surface area contributed by atoms with Crippen molar-refractivity contribution in [3.63, 3.8) is 0 Å². The number of hydrogen-bond acceptors (Lipinski definition) is 6. The SMILES string of the molecule is CN(Cc1ccc(OC(F)F)cc1)C(=O)c1ccccc1NS(=O)(=O)c1cccc([N+](=O)[O-])c1. The number of hydrogen-bond donors (Lipinski definition) is 1. The van der Waals surface area contributed by atoms with Gasteiger partial charge in [0.1, 0.15) is 5.75 Å². The predicted molar refractivity (Wildman–Crippen MR) is 119 cm³/mol. The van der Waals surface area contributed by atoms with Crippen molar-refractivity contribution in [3.8, 4) is 5.75 Å². The van der Waals surface area contributed by atoms with Crippen LogP contribution in [-0.4, -0.2) is 37.8 Å². The molecule has 3 aromatic carbocycles. The topological polar surface area (TPSA) is 119 Å². The minimum absolute atomic E-state index is 0.00784. The zero-order valence-electron chi connectivity index (χ0n) is 17.7. The van der Waals surface area contributed by atoms with Crippen molar-refractivity contribution in [1.29, 1.82) is 0 Å². The first kappa shape index (κ1) is 24.6. The van der Waals surface area contributed by atoms with E-state index in [1.807, 2.05) is 0 Å². The first-order valence-corrected chi connectivity index (χ1v) is 11.2. The first-order valence-electron chi connectivity index (χ1n) is 9.72. The third-order valence-electron chi connectivity index (χ3n) is 4.66. The van der Waals surface area contributed by atoms with E-state index in [1.165, 1.54) is 66.5 Å². The van der Waals surface area contributed by atoms with Gasteiger partial charge in [-0.15, -0.1) is 0 Å². The highest BCUT2D eigenvalue weighted by molar-refractivity contribution is 7.92. The van der Waals surface area contributed by atoms with E-state index in [9.17, 15) is 32.1 Å². The van der Waals surface area contributed by atoms with Crippen LogP contribution in [0, 0.1) is 10.1 Å². The summed E-state index contributed by atoms with van der Waals surface area (Å²) in [5.74, 6) is -0.529. The maximum atomic E-state index is 13.0. The monoisotopic (exact) mass is 491 g/mol. The van der Waals surface area contributed by atoms with Gasteiger partial charge < -0.3 is 9.64 Å². The van der Waals surface area contributed by atoms with Gasteiger partial charge in [0.15, 0.2) is 0 Å². The molecule has 0 aliphatic heterocycles. The average Bonchev–Trinajstić information content (AvgIpc) is 2.79. The van der Waals surface area contributed by atoms with Crippen LogP contribution in [0.3, 0.4) is 0 Å². The number of halogens is 2. The van der Waals surface area contributed by atoms with Gasteiger partial charge in [-0.3, -0.25) is 19.6 Å². The number of ether oxygens (including phenoxy) is 1. The van der Waals surface area contributed by atoms with Crippen molar-refractivity contribution in [2.75, 3.05) is 11.8 Å². The van der Waals surface area contributed by atoms with E-state index in [1.54, 1.807) is 6.07 Å². The lowest BCUT2D eigenvalue weighted by molar-refractivity contribution is -0.385. The molecular formula is C22H19F2N3O6S. The summed E-state index contributed by atoms with van der Waals surface area (Å²) in [6, 6.07) is 16.2. The lowest BCUT2D eigenvalue weighted by Gasteiger charge is -2.20. The van der Waals surface area contributed by atoms with Crippen molar-refractivity contribution in [2.24, 2.45) is 0 Å². The van der Waals surface area contributed by atoms with Crippen molar-refractivity contribution in [3.05, 3.63) is 94.0 Å². The Kier molecular flexibility index (Phi) is 7.41.